The molecule has 0 radical (unpaired) electrons. The maximum Gasteiger partial charge on any atom is 0.227 e. The number of fused-ring (bicyclic) bond motifs is 1. The second-order valence-electron chi connectivity index (χ2n) is 4.27. The summed E-state index contributed by atoms with van der Waals surface area (Å²) < 4.78 is 18.9. The smallest absolute Gasteiger partial charge is 0.227 e. The molecule has 0 amide bonds. The van der Waals surface area contributed by atoms with Crippen LogP contribution in [0.5, 0.6) is 0 Å². The van der Waals surface area contributed by atoms with Gasteiger partial charge in [-0.25, -0.2) is 9.37 Å². The summed E-state index contributed by atoms with van der Waals surface area (Å²) in [5.41, 5.74) is 9.04. The van der Waals surface area contributed by atoms with Gasteiger partial charge in [0.05, 0.1) is 5.02 Å². The molecular weight excluding hydrogens is 267 g/mol. The summed E-state index contributed by atoms with van der Waals surface area (Å²) >= 11 is 5.72. The molecule has 0 fully saturated rings. The zero-order valence-corrected chi connectivity index (χ0v) is 10.8. The number of oxazole rings is 1. The van der Waals surface area contributed by atoms with Crippen LogP contribution >= 0.6 is 11.6 Å². The fourth-order valence-corrected chi connectivity index (χ4v) is 2.08. The number of anilines is 1. The van der Waals surface area contributed by atoms with E-state index in [1.54, 1.807) is 6.07 Å². The lowest BCUT2D eigenvalue weighted by Gasteiger charge is -2.03. The van der Waals surface area contributed by atoms with E-state index in [9.17, 15) is 4.39 Å². The summed E-state index contributed by atoms with van der Waals surface area (Å²) in [4.78, 5) is 4.31. The SMILES string of the molecule is Cc1c(N)cccc1-c1nc2cc(Cl)c(F)cc2o1. The van der Waals surface area contributed by atoms with E-state index in [-0.39, 0.29) is 5.02 Å². The van der Waals surface area contributed by atoms with Gasteiger partial charge in [0.1, 0.15) is 11.3 Å². The van der Waals surface area contributed by atoms with Gasteiger partial charge >= 0.3 is 0 Å². The van der Waals surface area contributed by atoms with E-state index in [1.807, 2.05) is 19.1 Å². The molecule has 0 atom stereocenters. The second-order valence-corrected chi connectivity index (χ2v) is 4.68. The van der Waals surface area contributed by atoms with Crippen molar-refractivity contribution >= 4 is 28.4 Å². The molecule has 0 aliphatic rings. The second kappa shape index (κ2) is 4.24. The topological polar surface area (TPSA) is 52.0 Å². The van der Waals surface area contributed by atoms with Crippen LogP contribution < -0.4 is 5.73 Å². The van der Waals surface area contributed by atoms with Gasteiger partial charge in [-0.15, -0.1) is 0 Å². The Hall–Kier alpha value is -2.07. The van der Waals surface area contributed by atoms with Crippen LogP contribution in [0.3, 0.4) is 0 Å². The van der Waals surface area contributed by atoms with Gasteiger partial charge in [-0.1, -0.05) is 17.7 Å². The number of nitrogens with zero attached hydrogens (tertiary/aromatic N) is 1. The van der Waals surface area contributed by atoms with Gasteiger partial charge in [-0.3, -0.25) is 0 Å². The Labute approximate surface area is 113 Å². The van der Waals surface area contributed by atoms with Crippen LogP contribution in [-0.4, -0.2) is 4.98 Å². The van der Waals surface area contributed by atoms with Crippen molar-refractivity contribution in [1.29, 1.82) is 0 Å². The summed E-state index contributed by atoms with van der Waals surface area (Å²) in [6.07, 6.45) is 0. The van der Waals surface area contributed by atoms with Crippen LogP contribution in [0, 0.1) is 12.7 Å². The van der Waals surface area contributed by atoms with E-state index in [2.05, 4.69) is 4.98 Å². The van der Waals surface area contributed by atoms with E-state index in [0.717, 1.165) is 11.1 Å². The highest BCUT2D eigenvalue weighted by atomic mass is 35.5. The van der Waals surface area contributed by atoms with Gasteiger partial charge in [0.15, 0.2) is 5.58 Å². The number of hydrogen-bond acceptors (Lipinski definition) is 3. The molecule has 0 spiro atoms. The van der Waals surface area contributed by atoms with Crippen LogP contribution in [0.15, 0.2) is 34.7 Å². The maximum atomic E-state index is 13.4. The monoisotopic (exact) mass is 276 g/mol. The number of hydrogen-bond donors (Lipinski definition) is 1. The Morgan fingerprint density at radius 3 is 2.89 bits per heavy atom. The van der Waals surface area contributed by atoms with Crippen molar-refractivity contribution in [1.82, 2.24) is 4.98 Å². The van der Waals surface area contributed by atoms with Gasteiger partial charge < -0.3 is 10.2 Å². The Bertz CT molecular complexity index is 743. The van der Waals surface area contributed by atoms with Crippen LogP contribution in [0.2, 0.25) is 5.02 Å². The first-order valence-electron chi connectivity index (χ1n) is 5.67. The summed E-state index contributed by atoms with van der Waals surface area (Å²) in [6, 6.07) is 8.16. The number of benzene rings is 2. The van der Waals surface area contributed by atoms with E-state index in [0.29, 0.717) is 22.7 Å². The van der Waals surface area contributed by atoms with Crippen molar-refractivity contribution in [3.05, 3.63) is 46.7 Å². The van der Waals surface area contributed by atoms with Crippen molar-refractivity contribution in [3.8, 4) is 11.5 Å². The molecule has 3 rings (SSSR count). The first-order chi connectivity index (χ1) is 9.06. The molecule has 3 aromatic rings. The van der Waals surface area contributed by atoms with Gasteiger partial charge in [0, 0.05) is 17.3 Å². The summed E-state index contributed by atoms with van der Waals surface area (Å²) in [5, 5.41) is 0.0247. The summed E-state index contributed by atoms with van der Waals surface area (Å²) in [5.74, 6) is -0.123. The molecule has 1 heterocycles. The number of nitrogen functional groups attached to an aromatic ring is 1. The molecule has 2 N–H and O–H groups in total. The van der Waals surface area contributed by atoms with E-state index < -0.39 is 5.82 Å². The predicted octanol–water partition coefficient (Wildman–Crippen LogP) is 4.18. The predicted molar refractivity (Wildman–Crippen MR) is 73.6 cm³/mol. The summed E-state index contributed by atoms with van der Waals surface area (Å²) in [7, 11) is 0. The van der Waals surface area contributed by atoms with Crippen molar-refractivity contribution in [2.24, 2.45) is 0 Å². The zero-order valence-electron chi connectivity index (χ0n) is 10.1. The van der Waals surface area contributed by atoms with Crippen molar-refractivity contribution in [3.63, 3.8) is 0 Å². The molecule has 0 saturated carbocycles. The zero-order chi connectivity index (χ0) is 13.6. The lowest BCUT2D eigenvalue weighted by Crippen LogP contribution is -1.91. The van der Waals surface area contributed by atoms with Crippen molar-refractivity contribution in [2.75, 3.05) is 5.73 Å². The molecule has 1 aromatic heterocycles. The highest BCUT2D eigenvalue weighted by molar-refractivity contribution is 6.31. The van der Waals surface area contributed by atoms with Crippen molar-refractivity contribution < 1.29 is 8.81 Å². The van der Waals surface area contributed by atoms with Gasteiger partial charge in [0.25, 0.3) is 0 Å². The quantitative estimate of drug-likeness (QED) is 0.678. The number of rotatable bonds is 1. The van der Waals surface area contributed by atoms with Gasteiger partial charge in [0.2, 0.25) is 5.89 Å². The number of halogens is 2. The van der Waals surface area contributed by atoms with E-state index in [4.69, 9.17) is 21.8 Å². The van der Waals surface area contributed by atoms with E-state index in [1.165, 1.54) is 12.1 Å². The highest BCUT2D eigenvalue weighted by Crippen LogP contribution is 2.31. The normalized spacial score (nSPS) is 11.1. The Morgan fingerprint density at radius 1 is 1.32 bits per heavy atom. The average molecular weight is 277 g/mol. The first kappa shape index (κ1) is 12.0. The molecule has 0 unspecified atom stereocenters. The molecule has 5 heteroatoms. The molecule has 19 heavy (non-hydrogen) atoms. The third kappa shape index (κ3) is 1.94. The molecule has 0 aliphatic heterocycles. The molecule has 0 aliphatic carbocycles. The molecule has 2 aromatic carbocycles. The minimum atomic E-state index is -0.527. The molecule has 3 nitrogen and oxygen atoms in total. The third-order valence-corrected chi connectivity index (χ3v) is 3.33. The minimum Gasteiger partial charge on any atom is -0.436 e. The van der Waals surface area contributed by atoms with E-state index >= 15 is 0 Å². The molecule has 96 valence electrons. The van der Waals surface area contributed by atoms with Crippen molar-refractivity contribution in [2.45, 2.75) is 6.92 Å². The van der Waals surface area contributed by atoms with Crippen LogP contribution in [0.1, 0.15) is 5.56 Å². The highest BCUT2D eigenvalue weighted by Gasteiger charge is 2.13. The van der Waals surface area contributed by atoms with Gasteiger partial charge in [-0.05, 0) is 30.7 Å². The lowest BCUT2D eigenvalue weighted by molar-refractivity contribution is 0.602. The largest absolute Gasteiger partial charge is 0.436 e. The van der Waals surface area contributed by atoms with Crippen LogP contribution in [-0.2, 0) is 0 Å². The van der Waals surface area contributed by atoms with Crippen LogP contribution in [0.25, 0.3) is 22.6 Å². The maximum absolute atomic E-state index is 13.4. The average Bonchev–Trinajstić information content (AvgIpc) is 2.76. The number of nitrogens with two attached hydrogens (primary N) is 1. The molecule has 0 saturated heterocycles. The molecule has 0 bridgehead atoms. The fourth-order valence-electron chi connectivity index (χ4n) is 1.92. The Morgan fingerprint density at radius 2 is 2.11 bits per heavy atom. The van der Waals surface area contributed by atoms with Crippen LogP contribution in [0.4, 0.5) is 10.1 Å². The Balaban J connectivity index is 2.23. The fraction of sp³-hybridized carbons (Fsp3) is 0.0714. The Kier molecular flexibility index (Phi) is 2.68. The lowest BCUT2D eigenvalue weighted by atomic mass is 10.1. The standard InChI is InChI=1S/C14H10ClFN2O/c1-7-8(3-2-4-11(7)17)14-18-12-5-9(15)10(16)6-13(12)19-14/h2-6H,17H2,1H3. The third-order valence-electron chi connectivity index (χ3n) is 3.04. The molecular formula is C14H10ClFN2O. The minimum absolute atomic E-state index is 0.0247. The van der Waals surface area contributed by atoms with Gasteiger partial charge in [-0.2, -0.15) is 0 Å². The summed E-state index contributed by atoms with van der Waals surface area (Å²) in [6.45, 7) is 1.88. The first-order valence-corrected chi connectivity index (χ1v) is 6.05. The number of aromatic nitrogens is 1.